The molecule has 1 aliphatic heterocycles. The average molecular weight is 530 g/mol. The zero-order valence-electron chi connectivity index (χ0n) is 23.1. The molecule has 3 rings (SSSR count). The number of carbonyl (C=O) groups is 3. The predicted octanol–water partition coefficient (Wildman–Crippen LogP) is 0.203. The Kier molecular flexibility index (Phi) is 8.72. The number of likely N-dealkylation sites (tertiary alicyclic amines) is 1. The lowest BCUT2D eigenvalue weighted by atomic mass is 9.93. The summed E-state index contributed by atoms with van der Waals surface area (Å²) in [4.78, 5) is 44.4. The van der Waals surface area contributed by atoms with Crippen LogP contribution in [0.3, 0.4) is 0 Å². The summed E-state index contributed by atoms with van der Waals surface area (Å²) in [6.07, 6.45) is 0.610. The number of ketones is 1. The van der Waals surface area contributed by atoms with Crippen LogP contribution in [0.5, 0.6) is 17.2 Å². The lowest BCUT2D eigenvalue weighted by molar-refractivity contribution is -0.858. The van der Waals surface area contributed by atoms with Crippen molar-refractivity contribution in [1.82, 2.24) is 9.88 Å². The highest BCUT2D eigenvalue weighted by molar-refractivity contribution is 6.46. The summed E-state index contributed by atoms with van der Waals surface area (Å²) in [5.74, 6) is -1.95. The molecule has 1 unspecified atom stereocenters. The monoisotopic (exact) mass is 529 g/mol. The number of aromatic amines is 1. The first-order chi connectivity index (χ1) is 18.0. The van der Waals surface area contributed by atoms with E-state index in [-0.39, 0.29) is 23.4 Å². The molecular formula is C27H35N3O8. The Morgan fingerprint density at radius 2 is 1.66 bits per heavy atom. The number of benzene rings is 1. The number of ether oxygens (including phenoxy) is 4. The SMILES string of the molecule is COC(=O)c1[nH]c(C)c(/C([O-])=C2\C(=O)C(=O)N(CCC[NH+](C)C)C2c2cc(OC)c(OC)c(OC)c2)c1C. The molecule has 1 amide bonds. The summed E-state index contributed by atoms with van der Waals surface area (Å²) >= 11 is 0. The summed E-state index contributed by atoms with van der Waals surface area (Å²) in [5.41, 5.74) is 1.24. The van der Waals surface area contributed by atoms with Crippen molar-refractivity contribution in [3.05, 3.63) is 45.8 Å². The molecule has 0 bridgehead atoms. The van der Waals surface area contributed by atoms with Crippen LogP contribution in [-0.2, 0) is 14.3 Å². The van der Waals surface area contributed by atoms with Gasteiger partial charge >= 0.3 is 5.97 Å². The second-order valence-electron chi connectivity index (χ2n) is 9.36. The number of esters is 1. The van der Waals surface area contributed by atoms with Crippen LogP contribution in [-0.4, -0.2) is 83.2 Å². The number of Topliss-reactive ketones (excluding diaryl/α,β-unsaturated/α-hetero) is 1. The largest absolute Gasteiger partial charge is 0.872 e. The Hall–Kier alpha value is -3.99. The minimum absolute atomic E-state index is 0.112. The third kappa shape index (κ3) is 5.06. The molecular weight excluding hydrogens is 494 g/mol. The first-order valence-corrected chi connectivity index (χ1v) is 12.1. The van der Waals surface area contributed by atoms with Crippen molar-refractivity contribution in [2.45, 2.75) is 26.3 Å². The molecule has 1 atom stereocenters. The maximum atomic E-state index is 14.0. The lowest BCUT2D eigenvalue weighted by Crippen LogP contribution is -3.05. The van der Waals surface area contributed by atoms with E-state index in [1.807, 2.05) is 14.1 Å². The topological polar surface area (TPSA) is 135 Å². The van der Waals surface area contributed by atoms with Gasteiger partial charge in [0.1, 0.15) is 5.69 Å². The number of aromatic nitrogens is 1. The van der Waals surface area contributed by atoms with Crippen LogP contribution in [0.1, 0.15) is 45.3 Å². The van der Waals surface area contributed by atoms with Crippen LogP contribution in [0.4, 0.5) is 0 Å². The first kappa shape index (κ1) is 28.6. The molecule has 1 aromatic heterocycles. The predicted molar refractivity (Wildman–Crippen MR) is 136 cm³/mol. The van der Waals surface area contributed by atoms with Gasteiger partial charge in [0.05, 0.1) is 55.1 Å². The van der Waals surface area contributed by atoms with Crippen LogP contribution in [0.25, 0.3) is 5.76 Å². The van der Waals surface area contributed by atoms with E-state index in [0.29, 0.717) is 40.5 Å². The molecule has 2 N–H and O–H groups in total. The number of amides is 1. The smallest absolute Gasteiger partial charge is 0.354 e. The number of carbonyl (C=O) groups excluding carboxylic acids is 3. The zero-order valence-corrected chi connectivity index (χ0v) is 23.1. The van der Waals surface area contributed by atoms with E-state index in [1.165, 1.54) is 38.2 Å². The van der Waals surface area contributed by atoms with Crippen LogP contribution >= 0.6 is 0 Å². The quantitative estimate of drug-likeness (QED) is 0.193. The highest BCUT2D eigenvalue weighted by atomic mass is 16.5. The van der Waals surface area contributed by atoms with Crippen molar-refractivity contribution in [2.75, 3.05) is 55.6 Å². The number of H-pyrrole nitrogens is 1. The summed E-state index contributed by atoms with van der Waals surface area (Å²) in [6.45, 7) is 4.23. The fourth-order valence-corrected chi connectivity index (χ4v) is 4.84. The molecule has 206 valence electrons. The minimum Gasteiger partial charge on any atom is -0.872 e. The molecule has 38 heavy (non-hydrogen) atoms. The molecule has 2 heterocycles. The van der Waals surface area contributed by atoms with Gasteiger partial charge in [0.2, 0.25) is 11.5 Å². The molecule has 0 radical (unpaired) electrons. The van der Waals surface area contributed by atoms with Crippen molar-refractivity contribution < 1.29 is 43.3 Å². The summed E-state index contributed by atoms with van der Waals surface area (Å²) in [6, 6.07) is 2.27. The van der Waals surface area contributed by atoms with Crippen LogP contribution < -0.4 is 24.2 Å². The van der Waals surface area contributed by atoms with Crippen molar-refractivity contribution in [3.8, 4) is 17.2 Å². The van der Waals surface area contributed by atoms with Crippen LogP contribution in [0.2, 0.25) is 0 Å². The number of hydrogen-bond donors (Lipinski definition) is 2. The summed E-state index contributed by atoms with van der Waals surface area (Å²) in [7, 11) is 9.61. The van der Waals surface area contributed by atoms with Crippen molar-refractivity contribution in [2.24, 2.45) is 0 Å². The molecule has 0 saturated carbocycles. The highest BCUT2D eigenvalue weighted by Crippen LogP contribution is 2.45. The summed E-state index contributed by atoms with van der Waals surface area (Å²) < 4.78 is 21.2. The van der Waals surface area contributed by atoms with Gasteiger partial charge in [-0.3, -0.25) is 9.59 Å². The fourth-order valence-electron chi connectivity index (χ4n) is 4.84. The molecule has 0 spiro atoms. The fraction of sp³-hybridized carbons (Fsp3) is 0.444. The van der Waals surface area contributed by atoms with Gasteiger partial charge in [0.15, 0.2) is 11.5 Å². The highest BCUT2D eigenvalue weighted by Gasteiger charge is 2.45. The normalized spacial score (nSPS) is 16.8. The van der Waals surface area contributed by atoms with Crippen molar-refractivity contribution >= 4 is 23.4 Å². The number of hydrogen-bond acceptors (Lipinski definition) is 8. The van der Waals surface area contributed by atoms with Crippen molar-refractivity contribution in [1.29, 1.82) is 0 Å². The van der Waals surface area contributed by atoms with Gasteiger partial charge in [0, 0.05) is 24.2 Å². The maximum absolute atomic E-state index is 14.0. The molecule has 11 heteroatoms. The van der Waals surface area contributed by atoms with Gasteiger partial charge in [-0.05, 0) is 42.7 Å². The standard InChI is InChI=1S/C27H35N3O8/c1-14-19(15(2)28-21(14)27(34)38-8)23(31)20-22(30(26(33)24(20)32)11-9-10-29(3)4)16-12-17(35-5)25(37-7)18(13-16)36-6/h12-13,22,28,31H,9-11H2,1-8H3/b23-20+. The van der Waals surface area contributed by atoms with Gasteiger partial charge in [-0.15, -0.1) is 0 Å². The Morgan fingerprint density at radius 1 is 1.05 bits per heavy atom. The molecule has 1 aliphatic rings. The van der Waals surface area contributed by atoms with E-state index in [0.717, 1.165) is 6.54 Å². The maximum Gasteiger partial charge on any atom is 0.354 e. The molecule has 11 nitrogen and oxygen atoms in total. The second kappa shape index (κ2) is 11.6. The van der Waals surface area contributed by atoms with Crippen LogP contribution in [0.15, 0.2) is 17.7 Å². The average Bonchev–Trinajstić information content (AvgIpc) is 3.33. The molecule has 1 saturated heterocycles. The Morgan fingerprint density at radius 3 is 2.16 bits per heavy atom. The number of nitrogens with one attached hydrogen (secondary N) is 2. The zero-order chi connectivity index (χ0) is 28.3. The van der Waals surface area contributed by atoms with Gasteiger partial charge in [-0.1, -0.05) is 5.76 Å². The number of quaternary nitrogens is 1. The minimum atomic E-state index is -0.997. The number of methoxy groups -OCH3 is 4. The lowest BCUT2D eigenvalue weighted by Gasteiger charge is -2.28. The van der Waals surface area contributed by atoms with E-state index in [1.54, 1.807) is 26.0 Å². The van der Waals surface area contributed by atoms with E-state index in [9.17, 15) is 19.5 Å². The van der Waals surface area contributed by atoms with E-state index in [4.69, 9.17) is 18.9 Å². The van der Waals surface area contributed by atoms with Gasteiger partial charge in [0.25, 0.3) is 5.91 Å². The van der Waals surface area contributed by atoms with Crippen LogP contribution in [0, 0.1) is 13.8 Å². The molecule has 0 aliphatic carbocycles. The Balaban J connectivity index is 2.29. The molecule has 1 fully saturated rings. The van der Waals surface area contributed by atoms with Crippen molar-refractivity contribution in [3.63, 3.8) is 0 Å². The Labute approximate surface area is 221 Å². The van der Waals surface area contributed by atoms with E-state index < -0.39 is 29.5 Å². The molecule has 2 aromatic rings. The van der Waals surface area contributed by atoms with E-state index in [2.05, 4.69) is 4.98 Å². The second-order valence-corrected chi connectivity index (χ2v) is 9.36. The van der Waals surface area contributed by atoms with E-state index >= 15 is 0 Å². The number of nitrogens with zero attached hydrogens (tertiary/aromatic N) is 1. The van der Waals surface area contributed by atoms with Gasteiger partial charge in [-0.2, -0.15) is 0 Å². The molecule has 1 aromatic carbocycles. The third-order valence-corrected chi connectivity index (χ3v) is 6.66. The first-order valence-electron chi connectivity index (χ1n) is 12.1. The summed E-state index contributed by atoms with van der Waals surface area (Å²) in [5, 5.41) is 14.0. The number of rotatable bonds is 10. The van der Waals surface area contributed by atoms with Gasteiger partial charge in [-0.25, -0.2) is 4.79 Å². The third-order valence-electron chi connectivity index (χ3n) is 6.66. The Bertz CT molecular complexity index is 1250. The number of aryl methyl sites for hydroxylation is 1. The van der Waals surface area contributed by atoms with Gasteiger partial charge < -0.3 is 38.8 Å².